The summed E-state index contributed by atoms with van der Waals surface area (Å²) < 4.78 is 0.817. The molecule has 0 N–H and O–H groups in total. The van der Waals surface area contributed by atoms with Crippen molar-refractivity contribution in [2.75, 3.05) is 9.80 Å². The predicted octanol–water partition coefficient (Wildman–Crippen LogP) is 16.2. The van der Waals surface area contributed by atoms with Gasteiger partial charge in [0.15, 0.2) is 0 Å². The molecule has 2 nitrogen and oxygen atoms in total. The molecule has 0 amide bonds. The van der Waals surface area contributed by atoms with E-state index in [1.165, 1.54) is 64.6 Å². The predicted molar refractivity (Wildman–Crippen MR) is 296 cm³/mol. The summed E-state index contributed by atoms with van der Waals surface area (Å²) in [5, 5.41) is 18.9. The van der Waals surface area contributed by atoms with Crippen LogP contribution in [-0.2, 0) is 25.3 Å². The van der Waals surface area contributed by atoms with E-state index in [2.05, 4.69) is 218 Å². The van der Waals surface area contributed by atoms with Gasteiger partial charge in [-0.25, -0.2) is 0 Å². The van der Waals surface area contributed by atoms with Gasteiger partial charge in [-0.05, 0) is 137 Å². The standard InChI is InChI=1S/2C29H19NS2.Ca/c2*31-29(32)30(27-13-5-11-23-15-19-7-1-3-9-21(19)17-25(23)27)28-14-6-12-24-16-20-8-2-4-10-22(20)18-26(24)28;/h2*1-18H,(H,31,32);/q;;+2/p-2. The number of hydrogen-bond acceptors (Lipinski definition) is 4. The van der Waals surface area contributed by atoms with Crippen molar-refractivity contribution in [1.82, 2.24) is 0 Å². The molecule has 0 heterocycles. The van der Waals surface area contributed by atoms with Crippen molar-refractivity contribution >= 4 is 205 Å². The molecule has 0 atom stereocenters. The zero-order chi connectivity index (χ0) is 43.3. The van der Waals surface area contributed by atoms with Crippen LogP contribution in [-0.4, -0.2) is 46.4 Å². The van der Waals surface area contributed by atoms with Crippen LogP contribution in [0.3, 0.4) is 0 Å². The summed E-state index contributed by atoms with van der Waals surface area (Å²) in [4.78, 5) is 4.08. The third-order valence-corrected chi connectivity index (χ3v) is 13.0. The van der Waals surface area contributed by atoms with Crippen molar-refractivity contribution in [3.63, 3.8) is 0 Å². The average Bonchev–Trinajstić information content (AvgIpc) is 3.32. The van der Waals surface area contributed by atoms with E-state index < -0.39 is 0 Å². The van der Waals surface area contributed by atoms with Crippen LogP contribution in [0, 0.1) is 0 Å². The Hall–Kier alpha value is -5.80. The normalized spacial score (nSPS) is 11.2. The van der Waals surface area contributed by atoms with Gasteiger partial charge in [0, 0.05) is 21.5 Å². The third kappa shape index (κ3) is 8.15. The molecule has 0 aliphatic rings. The van der Waals surface area contributed by atoms with Gasteiger partial charge in [0.2, 0.25) is 0 Å². The molecule has 12 aromatic rings. The molecular weight excluding hydrogens is 893 g/mol. The molecule has 65 heavy (non-hydrogen) atoms. The first-order valence-corrected chi connectivity index (χ1v) is 22.7. The Balaban J connectivity index is 0.000000151. The summed E-state index contributed by atoms with van der Waals surface area (Å²) in [7, 11) is 0. The topological polar surface area (TPSA) is 6.48 Å². The molecular formula is C58H36CaN2S4. The SMILES string of the molecule is S=C([S-])N(c1cccc2cc3ccccc3cc12)c1cccc2cc3ccccc3cc12.S=C([S-])N(c1cccc2cc3ccccc3cc12)c1cccc2cc3ccccc3cc12.[Ca+2]. The molecule has 304 valence electrons. The van der Waals surface area contributed by atoms with Gasteiger partial charge in [-0.15, -0.1) is 0 Å². The zero-order valence-corrected chi connectivity index (χ0v) is 40.5. The molecule has 0 saturated heterocycles. The summed E-state index contributed by atoms with van der Waals surface area (Å²) in [6.45, 7) is 0. The maximum atomic E-state index is 5.64. The fourth-order valence-electron chi connectivity index (χ4n) is 9.23. The largest absolute Gasteiger partial charge is 2.00 e. The quantitative estimate of drug-likeness (QED) is 0.0745. The Morgan fingerprint density at radius 2 is 0.446 bits per heavy atom. The Bertz CT molecular complexity index is 3360. The van der Waals surface area contributed by atoms with Gasteiger partial charge in [0.1, 0.15) is 0 Å². The van der Waals surface area contributed by atoms with Crippen LogP contribution >= 0.6 is 24.4 Å². The number of anilines is 4. The Labute approximate surface area is 428 Å². The minimum atomic E-state index is 0. The van der Waals surface area contributed by atoms with Gasteiger partial charge in [-0.3, -0.25) is 0 Å². The summed E-state index contributed by atoms with van der Waals surface area (Å²) >= 11 is 22.6. The second-order valence-corrected chi connectivity index (χ2v) is 18.1. The fraction of sp³-hybridized carbons (Fsp3) is 0. The average molecular weight is 929 g/mol. The van der Waals surface area contributed by atoms with Gasteiger partial charge in [-0.1, -0.05) is 154 Å². The molecule has 0 unspecified atom stereocenters. The monoisotopic (exact) mass is 928 g/mol. The van der Waals surface area contributed by atoms with E-state index in [-0.39, 0.29) is 37.7 Å². The van der Waals surface area contributed by atoms with Crippen LogP contribution in [0.1, 0.15) is 0 Å². The number of hydrogen-bond donors (Lipinski definition) is 0. The van der Waals surface area contributed by atoms with Gasteiger partial charge >= 0.3 is 37.7 Å². The van der Waals surface area contributed by atoms with Crippen molar-refractivity contribution in [2.24, 2.45) is 0 Å². The van der Waals surface area contributed by atoms with Gasteiger partial charge < -0.3 is 59.5 Å². The fourth-order valence-corrected chi connectivity index (χ4v) is 10.0. The van der Waals surface area contributed by atoms with Gasteiger partial charge in [0.25, 0.3) is 0 Å². The second kappa shape index (κ2) is 18.2. The molecule has 0 aliphatic heterocycles. The summed E-state index contributed by atoms with van der Waals surface area (Å²) in [6.07, 6.45) is 0. The number of rotatable bonds is 4. The van der Waals surface area contributed by atoms with Crippen molar-refractivity contribution in [3.8, 4) is 0 Å². The summed E-state index contributed by atoms with van der Waals surface area (Å²) in [6, 6.07) is 76.9. The van der Waals surface area contributed by atoms with Crippen LogP contribution in [0.4, 0.5) is 22.7 Å². The van der Waals surface area contributed by atoms with Gasteiger partial charge in [0.05, 0.1) is 22.7 Å². The van der Waals surface area contributed by atoms with Crippen molar-refractivity contribution in [2.45, 2.75) is 0 Å². The van der Waals surface area contributed by atoms with E-state index in [1.54, 1.807) is 0 Å². The zero-order valence-electron chi connectivity index (χ0n) is 35.0. The number of thiocarbonyl (C=S) groups is 2. The summed E-state index contributed by atoms with van der Waals surface area (Å²) in [5.41, 5.74) is 4.03. The minimum Gasteiger partial charge on any atom is -0.411 e. The Kier molecular flexibility index (Phi) is 12.1. The summed E-state index contributed by atoms with van der Waals surface area (Å²) in [5.74, 6) is 0. The number of fused-ring (bicyclic) bond motifs is 8. The third-order valence-electron chi connectivity index (χ3n) is 12.2. The molecule has 0 bridgehead atoms. The first kappa shape index (κ1) is 43.1. The van der Waals surface area contributed by atoms with E-state index >= 15 is 0 Å². The molecule has 0 fully saturated rings. The van der Waals surface area contributed by atoms with Gasteiger partial charge in [-0.2, -0.15) is 0 Å². The first-order valence-electron chi connectivity index (χ1n) is 21.1. The van der Waals surface area contributed by atoms with E-state index in [0.717, 1.165) is 44.3 Å². The minimum absolute atomic E-state index is 0. The maximum Gasteiger partial charge on any atom is 2.00 e. The number of nitrogens with zero attached hydrogens (tertiary/aromatic N) is 2. The van der Waals surface area contributed by atoms with Crippen LogP contribution in [0.25, 0.3) is 86.2 Å². The molecule has 0 aliphatic carbocycles. The maximum absolute atomic E-state index is 5.64. The van der Waals surface area contributed by atoms with Crippen LogP contribution in [0.5, 0.6) is 0 Å². The van der Waals surface area contributed by atoms with Crippen molar-refractivity contribution in [3.05, 3.63) is 218 Å². The molecule has 12 rings (SSSR count). The molecule has 0 saturated carbocycles. The smallest absolute Gasteiger partial charge is 0.411 e. The Morgan fingerprint density at radius 3 is 0.646 bits per heavy atom. The van der Waals surface area contributed by atoms with E-state index in [1.807, 2.05) is 9.80 Å². The van der Waals surface area contributed by atoms with Crippen molar-refractivity contribution < 1.29 is 0 Å². The number of benzene rings is 12. The first-order chi connectivity index (χ1) is 31.4. The molecule has 12 aromatic carbocycles. The van der Waals surface area contributed by atoms with Crippen LogP contribution < -0.4 is 9.80 Å². The van der Waals surface area contributed by atoms with Crippen LogP contribution in [0.2, 0.25) is 0 Å². The van der Waals surface area contributed by atoms with E-state index in [4.69, 9.17) is 49.7 Å². The second-order valence-electron chi connectivity index (χ2n) is 16.0. The van der Waals surface area contributed by atoms with E-state index in [9.17, 15) is 0 Å². The molecule has 0 aromatic heterocycles. The molecule has 7 heteroatoms. The van der Waals surface area contributed by atoms with Crippen LogP contribution in [0.15, 0.2) is 218 Å². The van der Waals surface area contributed by atoms with E-state index in [0.29, 0.717) is 8.64 Å². The molecule has 0 radical (unpaired) electrons. The molecule has 0 spiro atoms. The van der Waals surface area contributed by atoms with Crippen molar-refractivity contribution in [1.29, 1.82) is 0 Å². The Morgan fingerprint density at radius 1 is 0.262 bits per heavy atom.